The zero-order chi connectivity index (χ0) is 10.7. The molecule has 0 bridgehead atoms. The van der Waals surface area contributed by atoms with Gasteiger partial charge in [-0.05, 0) is 30.8 Å². The molecule has 0 amide bonds. The van der Waals surface area contributed by atoms with Gasteiger partial charge in [0, 0.05) is 6.54 Å². The average molecular weight is 221 g/mol. The van der Waals surface area contributed by atoms with Gasteiger partial charge in [0.15, 0.2) is 0 Å². The lowest BCUT2D eigenvalue weighted by Gasteiger charge is -2.25. The molecule has 1 aromatic heterocycles. The molecule has 0 aromatic carbocycles. The van der Waals surface area contributed by atoms with Crippen molar-refractivity contribution in [2.24, 2.45) is 5.92 Å². The molecule has 1 aromatic rings. The van der Waals surface area contributed by atoms with Crippen LogP contribution in [0.3, 0.4) is 0 Å². The number of anilines is 1. The van der Waals surface area contributed by atoms with Gasteiger partial charge < -0.3 is 5.32 Å². The maximum absolute atomic E-state index is 8.93. The Bertz CT molecular complexity index is 374. The first-order valence-electron chi connectivity index (χ1n) is 5.41. The first-order chi connectivity index (χ1) is 7.31. The van der Waals surface area contributed by atoms with Crippen molar-refractivity contribution in [3.8, 4) is 6.07 Å². The van der Waals surface area contributed by atoms with E-state index in [1.165, 1.54) is 37.2 Å². The molecule has 0 unspecified atom stereocenters. The van der Waals surface area contributed by atoms with Crippen molar-refractivity contribution in [3.05, 3.63) is 11.3 Å². The molecule has 15 heavy (non-hydrogen) atoms. The van der Waals surface area contributed by atoms with E-state index in [1.54, 1.807) is 0 Å². The monoisotopic (exact) mass is 221 g/mol. The Labute approximate surface area is 94.3 Å². The third-order valence-corrected chi connectivity index (χ3v) is 3.93. The van der Waals surface area contributed by atoms with E-state index in [2.05, 4.69) is 15.8 Å². The molecule has 0 saturated heterocycles. The molecule has 1 fully saturated rings. The van der Waals surface area contributed by atoms with E-state index >= 15 is 0 Å². The van der Waals surface area contributed by atoms with Gasteiger partial charge >= 0.3 is 0 Å². The van der Waals surface area contributed by atoms with Crippen LogP contribution in [0.4, 0.5) is 5.00 Å². The molecule has 80 valence electrons. The molecule has 1 aliphatic rings. The third kappa shape index (κ3) is 2.29. The number of hydrogen-bond donors (Lipinski definition) is 1. The number of nitrogens with one attached hydrogen (secondary N) is 1. The van der Waals surface area contributed by atoms with Gasteiger partial charge in [0.2, 0.25) is 0 Å². The van der Waals surface area contributed by atoms with Crippen molar-refractivity contribution in [2.75, 3.05) is 11.9 Å². The minimum atomic E-state index is 0.716. The van der Waals surface area contributed by atoms with Gasteiger partial charge in [-0.15, -0.1) is 0 Å². The third-order valence-electron chi connectivity index (χ3n) is 3.04. The largest absolute Gasteiger partial charge is 0.375 e. The van der Waals surface area contributed by atoms with E-state index in [0.29, 0.717) is 5.56 Å². The van der Waals surface area contributed by atoms with Crippen LogP contribution in [-0.2, 0) is 0 Å². The van der Waals surface area contributed by atoms with Crippen molar-refractivity contribution in [2.45, 2.75) is 32.6 Å². The molecular weight excluding hydrogens is 206 g/mol. The van der Waals surface area contributed by atoms with Gasteiger partial charge in [0.05, 0.1) is 5.69 Å². The number of rotatable bonds is 4. The van der Waals surface area contributed by atoms with Crippen LogP contribution in [0.2, 0.25) is 0 Å². The van der Waals surface area contributed by atoms with Crippen LogP contribution in [0.25, 0.3) is 0 Å². The highest BCUT2D eigenvalue weighted by Gasteiger charge is 2.17. The Kier molecular flexibility index (Phi) is 3.22. The summed E-state index contributed by atoms with van der Waals surface area (Å²) >= 11 is 1.39. The van der Waals surface area contributed by atoms with Crippen LogP contribution in [-0.4, -0.2) is 10.9 Å². The van der Waals surface area contributed by atoms with E-state index in [4.69, 9.17) is 5.26 Å². The number of aryl methyl sites for hydroxylation is 1. The van der Waals surface area contributed by atoms with Crippen LogP contribution in [0.5, 0.6) is 0 Å². The minimum Gasteiger partial charge on any atom is -0.375 e. The Balaban J connectivity index is 1.84. The Morgan fingerprint density at radius 1 is 1.60 bits per heavy atom. The predicted molar refractivity (Wildman–Crippen MR) is 62.0 cm³/mol. The first kappa shape index (κ1) is 10.4. The average Bonchev–Trinajstić information content (AvgIpc) is 2.51. The van der Waals surface area contributed by atoms with Crippen molar-refractivity contribution in [1.29, 1.82) is 5.26 Å². The predicted octanol–water partition coefficient (Wildman–Crippen LogP) is 2.93. The van der Waals surface area contributed by atoms with E-state index in [9.17, 15) is 0 Å². The molecule has 1 N–H and O–H groups in total. The molecule has 0 spiro atoms. The van der Waals surface area contributed by atoms with Gasteiger partial charge in [-0.1, -0.05) is 19.3 Å². The molecule has 0 aliphatic heterocycles. The lowest BCUT2D eigenvalue weighted by molar-refractivity contribution is 0.303. The fraction of sp³-hybridized carbons (Fsp3) is 0.636. The van der Waals surface area contributed by atoms with E-state index in [1.807, 2.05) is 6.92 Å². The van der Waals surface area contributed by atoms with Crippen LogP contribution >= 0.6 is 11.5 Å². The minimum absolute atomic E-state index is 0.716. The molecule has 1 saturated carbocycles. The summed E-state index contributed by atoms with van der Waals surface area (Å²) in [6, 6.07) is 2.20. The second kappa shape index (κ2) is 4.63. The molecule has 0 radical (unpaired) electrons. The van der Waals surface area contributed by atoms with Gasteiger partial charge in [-0.2, -0.15) is 9.64 Å². The second-order valence-corrected chi connectivity index (χ2v) is 4.87. The standard InChI is InChI=1S/C11H15N3S/c1-8-10(7-12)11(15-14-8)13-6-5-9-3-2-4-9/h9,13H,2-6H2,1H3. The first-order valence-corrected chi connectivity index (χ1v) is 6.19. The van der Waals surface area contributed by atoms with Crippen molar-refractivity contribution < 1.29 is 0 Å². The number of nitrogens with zero attached hydrogens (tertiary/aromatic N) is 2. The van der Waals surface area contributed by atoms with Crippen LogP contribution in [0.1, 0.15) is 36.9 Å². The summed E-state index contributed by atoms with van der Waals surface area (Å²) in [5, 5.41) is 13.2. The fourth-order valence-corrected chi connectivity index (χ4v) is 2.56. The van der Waals surface area contributed by atoms with Crippen molar-refractivity contribution >= 4 is 16.5 Å². The summed E-state index contributed by atoms with van der Waals surface area (Å²) < 4.78 is 4.18. The molecule has 1 heterocycles. The summed E-state index contributed by atoms with van der Waals surface area (Å²) in [4.78, 5) is 0. The van der Waals surface area contributed by atoms with Crippen molar-refractivity contribution in [1.82, 2.24) is 4.37 Å². The zero-order valence-electron chi connectivity index (χ0n) is 8.92. The molecule has 3 nitrogen and oxygen atoms in total. The van der Waals surface area contributed by atoms with E-state index in [0.717, 1.165) is 23.2 Å². The lowest BCUT2D eigenvalue weighted by Crippen LogP contribution is -2.15. The SMILES string of the molecule is Cc1nsc(NCCC2CCC2)c1C#N. The van der Waals surface area contributed by atoms with Crippen LogP contribution < -0.4 is 5.32 Å². The molecule has 0 atom stereocenters. The van der Waals surface area contributed by atoms with Gasteiger partial charge in [-0.25, -0.2) is 0 Å². The number of nitriles is 1. The Morgan fingerprint density at radius 2 is 2.40 bits per heavy atom. The van der Waals surface area contributed by atoms with Gasteiger partial charge in [0.25, 0.3) is 0 Å². The highest BCUT2D eigenvalue weighted by atomic mass is 32.1. The fourth-order valence-electron chi connectivity index (χ4n) is 1.79. The highest BCUT2D eigenvalue weighted by molar-refractivity contribution is 7.10. The van der Waals surface area contributed by atoms with E-state index < -0.39 is 0 Å². The summed E-state index contributed by atoms with van der Waals surface area (Å²) in [5.74, 6) is 0.914. The second-order valence-electron chi connectivity index (χ2n) is 4.10. The maximum atomic E-state index is 8.93. The zero-order valence-corrected chi connectivity index (χ0v) is 9.73. The lowest BCUT2D eigenvalue weighted by atomic mass is 9.83. The summed E-state index contributed by atoms with van der Waals surface area (Å²) in [6.07, 6.45) is 5.39. The number of aromatic nitrogens is 1. The smallest absolute Gasteiger partial charge is 0.127 e. The quantitative estimate of drug-likeness (QED) is 0.850. The summed E-state index contributed by atoms with van der Waals surface area (Å²) in [6.45, 7) is 2.85. The number of hydrogen-bond acceptors (Lipinski definition) is 4. The molecule has 1 aliphatic carbocycles. The topological polar surface area (TPSA) is 48.7 Å². The molecular formula is C11H15N3S. The summed E-state index contributed by atoms with van der Waals surface area (Å²) in [7, 11) is 0. The molecule has 4 heteroatoms. The normalized spacial score (nSPS) is 15.7. The van der Waals surface area contributed by atoms with E-state index in [-0.39, 0.29) is 0 Å². The Morgan fingerprint density at radius 3 is 3.00 bits per heavy atom. The van der Waals surface area contributed by atoms with Crippen LogP contribution in [0.15, 0.2) is 0 Å². The van der Waals surface area contributed by atoms with Crippen LogP contribution in [0, 0.1) is 24.2 Å². The van der Waals surface area contributed by atoms with Gasteiger partial charge in [0.1, 0.15) is 16.6 Å². The highest BCUT2D eigenvalue weighted by Crippen LogP contribution is 2.30. The van der Waals surface area contributed by atoms with Gasteiger partial charge in [-0.3, -0.25) is 0 Å². The molecule has 2 rings (SSSR count). The maximum Gasteiger partial charge on any atom is 0.127 e. The van der Waals surface area contributed by atoms with Crippen molar-refractivity contribution in [3.63, 3.8) is 0 Å². The Hall–Kier alpha value is -1.08. The summed E-state index contributed by atoms with van der Waals surface area (Å²) in [5.41, 5.74) is 1.56.